The van der Waals surface area contributed by atoms with E-state index in [9.17, 15) is 9.59 Å². The quantitative estimate of drug-likeness (QED) is 0.497. The highest BCUT2D eigenvalue weighted by atomic mass is 35.5. The predicted octanol–water partition coefficient (Wildman–Crippen LogP) is 5.87. The first-order valence-electron chi connectivity index (χ1n) is 10.5. The van der Waals surface area contributed by atoms with Crippen molar-refractivity contribution in [1.29, 1.82) is 0 Å². The molecule has 1 aliphatic rings. The SMILES string of the molecule is Cc1onc(-c2ccccc2Cl)c1C(=O)Nc1sc2c(c1C(N)=O)CCC(C(C)(C)C)C2. The molecule has 1 aliphatic carbocycles. The molecule has 0 fully saturated rings. The molecule has 2 aromatic heterocycles. The van der Waals surface area contributed by atoms with Gasteiger partial charge in [0, 0.05) is 10.4 Å². The number of fused-ring (bicyclic) bond motifs is 1. The number of aromatic nitrogens is 1. The number of benzene rings is 1. The van der Waals surface area contributed by atoms with Gasteiger partial charge in [0.15, 0.2) is 0 Å². The molecule has 1 atom stereocenters. The van der Waals surface area contributed by atoms with Crippen molar-refractivity contribution in [2.24, 2.45) is 17.1 Å². The number of carbonyl (C=O) groups is 2. The first-order chi connectivity index (χ1) is 15.1. The zero-order valence-electron chi connectivity index (χ0n) is 18.5. The first kappa shape index (κ1) is 22.6. The maximum atomic E-state index is 13.3. The van der Waals surface area contributed by atoms with E-state index in [1.165, 1.54) is 11.3 Å². The fraction of sp³-hybridized carbons (Fsp3) is 0.375. The Morgan fingerprint density at radius 3 is 2.62 bits per heavy atom. The number of primary amides is 1. The third-order valence-electron chi connectivity index (χ3n) is 6.18. The minimum absolute atomic E-state index is 0.168. The normalized spacial score (nSPS) is 16.0. The minimum atomic E-state index is -0.527. The van der Waals surface area contributed by atoms with Gasteiger partial charge in [-0.1, -0.05) is 55.7 Å². The molecule has 3 N–H and O–H groups in total. The van der Waals surface area contributed by atoms with Crippen molar-refractivity contribution in [3.63, 3.8) is 0 Å². The Morgan fingerprint density at radius 2 is 1.97 bits per heavy atom. The molecule has 0 saturated carbocycles. The number of hydrogen-bond donors (Lipinski definition) is 2. The molecule has 32 heavy (non-hydrogen) atoms. The number of amides is 2. The lowest BCUT2D eigenvalue weighted by Crippen LogP contribution is -2.27. The fourth-order valence-electron chi connectivity index (χ4n) is 4.32. The number of hydrogen-bond acceptors (Lipinski definition) is 5. The number of nitrogens with two attached hydrogens (primary N) is 1. The second kappa shape index (κ2) is 8.37. The van der Waals surface area contributed by atoms with Crippen LogP contribution in [0.5, 0.6) is 0 Å². The third kappa shape index (κ3) is 4.07. The molecule has 8 heteroatoms. The maximum Gasteiger partial charge on any atom is 0.262 e. The zero-order chi connectivity index (χ0) is 23.2. The number of nitrogens with one attached hydrogen (secondary N) is 1. The molecular weight excluding hydrogens is 446 g/mol. The molecule has 2 amide bonds. The number of aryl methyl sites for hydroxylation is 1. The molecule has 2 heterocycles. The molecule has 0 spiro atoms. The molecule has 0 saturated heterocycles. The Balaban J connectivity index is 1.70. The summed E-state index contributed by atoms with van der Waals surface area (Å²) in [6, 6.07) is 7.13. The van der Waals surface area contributed by atoms with Crippen molar-refractivity contribution in [1.82, 2.24) is 5.16 Å². The van der Waals surface area contributed by atoms with Gasteiger partial charge in [-0.15, -0.1) is 11.3 Å². The number of carbonyl (C=O) groups excluding carboxylic acids is 2. The molecule has 168 valence electrons. The Hall–Kier alpha value is -2.64. The van der Waals surface area contributed by atoms with Crippen molar-refractivity contribution in [3.05, 3.63) is 56.6 Å². The van der Waals surface area contributed by atoms with Crippen LogP contribution in [0.15, 0.2) is 28.8 Å². The minimum Gasteiger partial charge on any atom is -0.365 e. The molecule has 1 aromatic carbocycles. The highest BCUT2D eigenvalue weighted by Crippen LogP contribution is 2.44. The van der Waals surface area contributed by atoms with E-state index in [2.05, 4.69) is 31.2 Å². The number of thiophene rings is 1. The molecule has 4 rings (SSSR count). The summed E-state index contributed by atoms with van der Waals surface area (Å²) in [6.07, 6.45) is 2.64. The number of halogens is 1. The summed E-state index contributed by atoms with van der Waals surface area (Å²) in [7, 11) is 0. The highest BCUT2D eigenvalue weighted by Gasteiger charge is 2.34. The van der Waals surface area contributed by atoms with Crippen molar-refractivity contribution in [3.8, 4) is 11.3 Å². The summed E-state index contributed by atoms with van der Waals surface area (Å²) in [5.41, 5.74) is 8.53. The van der Waals surface area contributed by atoms with E-state index in [0.717, 1.165) is 29.7 Å². The number of rotatable bonds is 4. The summed E-state index contributed by atoms with van der Waals surface area (Å²) >= 11 is 7.75. The summed E-state index contributed by atoms with van der Waals surface area (Å²) in [5, 5.41) is 7.92. The molecule has 0 bridgehead atoms. The molecule has 3 aromatic rings. The van der Waals surface area contributed by atoms with E-state index >= 15 is 0 Å². The second-order valence-corrected chi connectivity index (χ2v) is 10.8. The molecule has 0 radical (unpaired) electrons. The lowest BCUT2D eigenvalue weighted by Gasteiger charge is -2.33. The van der Waals surface area contributed by atoms with E-state index in [4.69, 9.17) is 21.9 Å². The van der Waals surface area contributed by atoms with Crippen LogP contribution in [0.2, 0.25) is 5.02 Å². The Labute approximate surface area is 196 Å². The van der Waals surface area contributed by atoms with Crippen LogP contribution in [0.4, 0.5) is 5.00 Å². The summed E-state index contributed by atoms with van der Waals surface area (Å²) < 4.78 is 5.32. The van der Waals surface area contributed by atoms with Gasteiger partial charge in [0.25, 0.3) is 11.8 Å². The summed E-state index contributed by atoms with van der Waals surface area (Å²) in [5.74, 6) is -0.0650. The predicted molar refractivity (Wildman–Crippen MR) is 127 cm³/mol. The van der Waals surface area contributed by atoms with Crippen molar-refractivity contribution in [2.45, 2.75) is 47.0 Å². The smallest absolute Gasteiger partial charge is 0.262 e. The Bertz CT molecular complexity index is 1210. The van der Waals surface area contributed by atoms with E-state index in [-0.39, 0.29) is 11.0 Å². The Morgan fingerprint density at radius 1 is 1.25 bits per heavy atom. The molecule has 6 nitrogen and oxygen atoms in total. The van der Waals surface area contributed by atoms with Crippen molar-refractivity contribution in [2.75, 3.05) is 5.32 Å². The van der Waals surface area contributed by atoms with Crippen molar-refractivity contribution < 1.29 is 14.1 Å². The average Bonchev–Trinajstić information content (AvgIpc) is 3.27. The van der Waals surface area contributed by atoms with Gasteiger partial charge in [0.2, 0.25) is 0 Å². The van der Waals surface area contributed by atoms with Crippen LogP contribution in [0, 0.1) is 18.3 Å². The van der Waals surface area contributed by atoms with E-state index < -0.39 is 11.8 Å². The number of nitrogens with zero attached hydrogens (tertiary/aromatic N) is 1. The van der Waals surface area contributed by atoms with Gasteiger partial charge < -0.3 is 15.6 Å². The van der Waals surface area contributed by atoms with Crippen molar-refractivity contribution >= 4 is 39.8 Å². The van der Waals surface area contributed by atoms with Gasteiger partial charge in [0.05, 0.1) is 10.6 Å². The first-order valence-corrected chi connectivity index (χ1v) is 11.7. The van der Waals surface area contributed by atoms with Crippen LogP contribution in [0.25, 0.3) is 11.3 Å². The lowest BCUT2D eigenvalue weighted by molar-refractivity contribution is 0.1000. The van der Waals surface area contributed by atoms with E-state index in [1.54, 1.807) is 25.1 Å². The third-order valence-corrected chi connectivity index (χ3v) is 7.68. The van der Waals surface area contributed by atoms with Gasteiger partial charge in [-0.25, -0.2) is 0 Å². The largest absolute Gasteiger partial charge is 0.365 e. The topological polar surface area (TPSA) is 98.2 Å². The average molecular weight is 472 g/mol. The second-order valence-electron chi connectivity index (χ2n) is 9.27. The maximum absolute atomic E-state index is 13.3. The van der Waals surface area contributed by atoms with Crippen LogP contribution in [-0.2, 0) is 12.8 Å². The van der Waals surface area contributed by atoms with Crippen LogP contribution >= 0.6 is 22.9 Å². The van der Waals surface area contributed by atoms with Gasteiger partial charge in [0.1, 0.15) is 22.0 Å². The zero-order valence-corrected chi connectivity index (χ0v) is 20.1. The van der Waals surface area contributed by atoms with E-state index in [0.29, 0.717) is 38.5 Å². The fourth-order valence-corrected chi connectivity index (χ4v) is 5.87. The molecule has 1 unspecified atom stereocenters. The van der Waals surface area contributed by atoms with Gasteiger partial charge >= 0.3 is 0 Å². The van der Waals surface area contributed by atoms with Crippen LogP contribution in [0.3, 0.4) is 0 Å². The summed E-state index contributed by atoms with van der Waals surface area (Å²) in [4.78, 5) is 26.8. The monoisotopic (exact) mass is 471 g/mol. The van der Waals surface area contributed by atoms with Crippen LogP contribution < -0.4 is 11.1 Å². The standard InChI is InChI=1S/C24H26ClN3O3S/c1-12-18(20(28-31-12)14-7-5-6-8-16(14)25)22(30)27-23-19(21(26)29)15-10-9-13(24(2,3)4)11-17(15)32-23/h5-8,13H,9-11H2,1-4H3,(H2,26,29)(H,27,30). The highest BCUT2D eigenvalue weighted by molar-refractivity contribution is 7.17. The van der Waals surface area contributed by atoms with E-state index in [1.807, 2.05) is 6.07 Å². The number of anilines is 1. The summed E-state index contributed by atoms with van der Waals surface area (Å²) in [6.45, 7) is 8.38. The van der Waals surface area contributed by atoms with Crippen LogP contribution in [-0.4, -0.2) is 17.0 Å². The van der Waals surface area contributed by atoms with Gasteiger partial charge in [-0.05, 0) is 49.1 Å². The molecular formula is C24H26ClN3O3S. The van der Waals surface area contributed by atoms with Gasteiger partial charge in [-0.3, -0.25) is 9.59 Å². The van der Waals surface area contributed by atoms with Gasteiger partial charge in [-0.2, -0.15) is 0 Å². The molecule has 0 aliphatic heterocycles. The Kier molecular flexibility index (Phi) is 5.90. The van der Waals surface area contributed by atoms with Crippen LogP contribution in [0.1, 0.15) is 64.1 Å². The lowest BCUT2D eigenvalue weighted by atomic mass is 9.72.